The standard InChI is InChI=1S/C32H20N6/c1-3-11-21(12-4-1)28-23-15-7-8-16-24(23)33-32(36-28)38-26-19-18-25-29(34-27-17-9-10-20-37(25)27)30(26)35-31(38)22-13-5-2-6-14-22/h1-20H. The molecule has 0 atom stereocenters. The van der Waals surface area contributed by atoms with Crippen LogP contribution in [-0.2, 0) is 0 Å². The van der Waals surface area contributed by atoms with Crippen molar-refractivity contribution in [2.45, 2.75) is 0 Å². The van der Waals surface area contributed by atoms with Crippen LogP contribution in [0.3, 0.4) is 0 Å². The van der Waals surface area contributed by atoms with Crippen LogP contribution in [0.2, 0.25) is 0 Å². The van der Waals surface area contributed by atoms with Crippen molar-refractivity contribution >= 4 is 38.6 Å². The fourth-order valence-electron chi connectivity index (χ4n) is 5.23. The van der Waals surface area contributed by atoms with Gasteiger partial charge in [0.25, 0.3) is 0 Å². The van der Waals surface area contributed by atoms with Gasteiger partial charge in [-0.15, -0.1) is 0 Å². The lowest BCUT2D eigenvalue weighted by Crippen LogP contribution is -2.05. The van der Waals surface area contributed by atoms with E-state index in [9.17, 15) is 0 Å². The van der Waals surface area contributed by atoms with Gasteiger partial charge in [-0.2, -0.15) is 0 Å². The molecule has 4 aromatic carbocycles. The maximum atomic E-state index is 5.17. The molecule has 38 heavy (non-hydrogen) atoms. The van der Waals surface area contributed by atoms with E-state index in [1.807, 2.05) is 79.0 Å². The minimum atomic E-state index is 0.576. The van der Waals surface area contributed by atoms with Gasteiger partial charge in [0.05, 0.1) is 22.2 Å². The Hall–Kier alpha value is -5.36. The van der Waals surface area contributed by atoms with Gasteiger partial charge in [0.15, 0.2) is 0 Å². The first-order valence-corrected chi connectivity index (χ1v) is 12.5. The number of hydrogen-bond acceptors (Lipinski definition) is 4. The lowest BCUT2D eigenvalue weighted by Gasteiger charge is -2.12. The van der Waals surface area contributed by atoms with E-state index in [4.69, 9.17) is 19.9 Å². The van der Waals surface area contributed by atoms with Crippen molar-refractivity contribution in [1.29, 1.82) is 0 Å². The van der Waals surface area contributed by atoms with Crippen LogP contribution in [0.5, 0.6) is 0 Å². The highest BCUT2D eigenvalue weighted by molar-refractivity contribution is 6.04. The van der Waals surface area contributed by atoms with Gasteiger partial charge in [-0.05, 0) is 30.3 Å². The molecule has 6 nitrogen and oxygen atoms in total. The first-order valence-electron chi connectivity index (χ1n) is 12.5. The van der Waals surface area contributed by atoms with Gasteiger partial charge in [-0.1, -0.05) is 84.9 Å². The zero-order valence-corrected chi connectivity index (χ0v) is 20.2. The molecule has 4 aromatic heterocycles. The quantitative estimate of drug-likeness (QED) is 0.266. The topological polar surface area (TPSA) is 60.9 Å². The molecule has 8 rings (SSSR count). The maximum Gasteiger partial charge on any atom is 0.237 e. The largest absolute Gasteiger partial charge is 0.300 e. The second-order valence-corrected chi connectivity index (χ2v) is 9.23. The fraction of sp³-hybridized carbons (Fsp3) is 0. The smallest absolute Gasteiger partial charge is 0.237 e. The molecule has 0 saturated carbocycles. The summed E-state index contributed by atoms with van der Waals surface area (Å²) >= 11 is 0. The van der Waals surface area contributed by atoms with Crippen molar-refractivity contribution in [1.82, 2.24) is 28.9 Å². The van der Waals surface area contributed by atoms with Crippen molar-refractivity contribution in [3.63, 3.8) is 0 Å². The molecule has 8 aromatic rings. The number of para-hydroxylation sites is 1. The summed E-state index contributed by atoms with van der Waals surface area (Å²) in [6.45, 7) is 0. The van der Waals surface area contributed by atoms with Crippen molar-refractivity contribution in [3.05, 3.63) is 121 Å². The molecule has 4 heterocycles. The number of rotatable bonds is 3. The van der Waals surface area contributed by atoms with E-state index in [0.717, 1.165) is 61.3 Å². The zero-order valence-electron chi connectivity index (χ0n) is 20.2. The third kappa shape index (κ3) is 3.07. The Morgan fingerprint density at radius 3 is 2.03 bits per heavy atom. The minimum Gasteiger partial charge on any atom is -0.300 e. The van der Waals surface area contributed by atoms with E-state index in [1.165, 1.54) is 0 Å². The summed E-state index contributed by atoms with van der Waals surface area (Å²) in [5.41, 5.74) is 8.29. The predicted molar refractivity (Wildman–Crippen MR) is 151 cm³/mol. The highest BCUT2D eigenvalue weighted by atomic mass is 15.2. The molecule has 0 aliphatic rings. The third-order valence-electron chi connectivity index (χ3n) is 6.97. The van der Waals surface area contributed by atoms with Gasteiger partial charge in [0, 0.05) is 22.7 Å². The van der Waals surface area contributed by atoms with Crippen LogP contribution in [0.4, 0.5) is 0 Å². The molecule has 0 amide bonds. The summed E-state index contributed by atoms with van der Waals surface area (Å²) in [7, 11) is 0. The number of hydrogen-bond donors (Lipinski definition) is 0. The van der Waals surface area contributed by atoms with E-state index in [2.05, 4.69) is 51.4 Å². The van der Waals surface area contributed by atoms with Crippen LogP contribution in [0.1, 0.15) is 0 Å². The Morgan fingerprint density at radius 2 is 1.18 bits per heavy atom. The van der Waals surface area contributed by atoms with Gasteiger partial charge in [0.2, 0.25) is 5.95 Å². The summed E-state index contributed by atoms with van der Waals surface area (Å²) < 4.78 is 4.16. The Balaban J connectivity index is 1.50. The monoisotopic (exact) mass is 488 g/mol. The van der Waals surface area contributed by atoms with Gasteiger partial charge in [-0.25, -0.2) is 19.9 Å². The van der Waals surface area contributed by atoms with Crippen molar-refractivity contribution in [2.24, 2.45) is 0 Å². The van der Waals surface area contributed by atoms with Crippen LogP contribution in [-0.4, -0.2) is 28.9 Å². The summed E-state index contributed by atoms with van der Waals surface area (Å²) in [5, 5.41) is 1.01. The molecule has 0 unspecified atom stereocenters. The second-order valence-electron chi connectivity index (χ2n) is 9.23. The van der Waals surface area contributed by atoms with Gasteiger partial charge < -0.3 is 0 Å². The van der Waals surface area contributed by atoms with Gasteiger partial charge >= 0.3 is 0 Å². The summed E-state index contributed by atoms with van der Waals surface area (Å²) in [6, 6.07) is 38.8. The number of benzene rings is 4. The summed E-state index contributed by atoms with van der Waals surface area (Å²) in [4.78, 5) is 20.3. The molecule has 0 aliphatic carbocycles. The Kier molecular flexibility index (Phi) is 4.42. The molecule has 0 bridgehead atoms. The van der Waals surface area contributed by atoms with Crippen LogP contribution in [0.25, 0.3) is 67.2 Å². The second kappa shape index (κ2) is 8.08. The zero-order chi connectivity index (χ0) is 25.1. The predicted octanol–water partition coefficient (Wildman–Crippen LogP) is 7.10. The van der Waals surface area contributed by atoms with Crippen LogP contribution in [0.15, 0.2) is 121 Å². The van der Waals surface area contributed by atoms with E-state index in [0.29, 0.717) is 5.95 Å². The van der Waals surface area contributed by atoms with Crippen LogP contribution < -0.4 is 0 Å². The van der Waals surface area contributed by atoms with Crippen LogP contribution >= 0.6 is 0 Å². The molecule has 0 saturated heterocycles. The summed E-state index contributed by atoms with van der Waals surface area (Å²) in [6.07, 6.45) is 2.03. The first kappa shape index (κ1) is 20.8. The number of aromatic nitrogens is 6. The van der Waals surface area contributed by atoms with E-state index < -0.39 is 0 Å². The first-order chi connectivity index (χ1) is 18.8. The van der Waals surface area contributed by atoms with Crippen molar-refractivity contribution < 1.29 is 0 Å². The van der Waals surface area contributed by atoms with Crippen molar-refractivity contribution in [2.75, 3.05) is 0 Å². The average Bonchev–Trinajstić information content (AvgIpc) is 3.56. The Labute approximate surface area is 217 Å². The number of imidazole rings is 2. The van der Waals surface area contributed by atoms with Gasteiger partial charge in [-0.3, -0.25) is 8.97 Å². The highest BCUT2D eigenvalue weighted by Gasteiger charge is 2.21. The minimum absolute atomic E-state index is 0.576. The molecule has 0 spiro atoms. The average molecular weight is 489 g/mol. The third-order valence-corrected chi connectivity index (χ3v) is 6.97. The van der Waals surface area contributed by atoms with Crippen LogP contribution in [0, 0.1) is 0 Å². The molecule has 0 radical (unpaired) electrons. The number of pyridine rings is 1. The molecule has 0 N–H and O–H groups in total. The molecular formula is C32H20N6. The van der Waals surface area contributed by atoms with Gasteiger partial charge in [0.1, 0.15) is 22.5 Å². The van der Waals surface area contributed by atoms with E-state index >= 15 is 0 Å². The number of fused-ring (bicyclic) bond motifs is 6. The highest BCUT2D eigenvalue weighted by Crippen LogP contribution is 2.34. The number of nitrogens with zero attached hydrogens (tertiary/aromatic N) is 6. The van der Waals surface area contributed by atoms with Crippen molar-refractivity contribution in [3.8, 4) is 28.6 Å². The molecular weight excluding hydrogens is 468 g/mol. The van der Waals surface area contributed by atoms with E-state index in [1.54, 1.807) is 0 Å². The summed E-state index contributed by atoms with van der Waals surface area (Å²) in [5.74, 6) is 1.35. The molecule has 6 heteroatoms. The fourth-order valence-corrected chi connectivity index (χ4v) is 5.23. The lowest BCUT2D eigenvalue weighted by atomic mass is 10.1. The Bertz CT molecular complexity index is 2120. The normalized spacial score (nSPS) is 11.7. The van der Waals surface area contributed by atoms with E-state index in [-0.39, 0.29) is 0 Å². The SMILES string of the molecule is c1ccc(-c2nc(-n3c(-c4ccccc4)nc4c5nc6ccccn6c5ccc43)nc3ccccc23)cc1. The molecule has 178 valence electrons. The Morgan fingerprint density at radius 1 is 0.500 bits per heavy atom. The molecule has 0 fully saturated rings. The molecule has 0 aliphatic heterocycles. The lowest BCUT2D eigenvalue weighted by molar-refractivity contribution is 0.976. The maximum absolute atomic E-state index is 5.17.